The molecule has 1 aliphatic rings. The Kier molecular flexibility index (Phi) is 6.30. The average Bonchev–Trinajstić information content (AvgIpc) is 3.24. The van der Waals surface area contributed by atoms with Crippen LogP contribution in [0.5, 0.6) is 0 Å². The van der Waals surface area contributed by atoms with Gasteiger partial charge >= 0.3 is 0 Å². The monoisotopic (exact) mass is 453 g/mol. The number of halogens is 3. The third kappa shape index (κ3) is 4.32. The van der Waals surface area contributed by atoms with Crippen molar-refractivity contribution >= 4 is 11.8 Å². The van der Waals surface area contributed by atoms with Crippen molar-refractivity contribution in [2.24, 2.45) is 0 Å². The summed E-state index contributed by atoms with van der Waals surface area (Å²) in [5.74, 6) is -4.36. The number of ether oxygens (including phenoxy) is 1. The highest BCUT2D eigenvalue weighted by Gasteiger charge is 2.46. The summed E-state index contributed by atoms with van der Waals surface area (Å²) in [6, 6.07) is 9.59. The number of hydrogen-bond donors (Lipinski definition) is 3. The Morgan fingerprint density at radius 2 is 1.71 bits per heavy atom. The molecule has 0 amide bonds. The van der Waals surface area contributed by atoms with Gasteiger partial charge < -0.3 is 20.1 Å². The van der Waals surface area contributed by atoms with Gasteiger partial charge in [-0.3, -0.25) is 0 Å². The number of rotatable bonds is 5. The van der Waals surface area contributed by atoms with Gasteiger partial charge in [-0.1, -0.05) is 35.2 Å². The van der Waals surface area contributed by atoms with E-state index in [9.17, 15) is 28.5 Å². The van der Waals surface area contributed by atoms with Crippen LogP contribution in [0.4, 0.5) is 13.2 Å². The van der Waals surface area contributed by atoms with Crippen LogP contribution < -0.4 is 0 Å². The molecule has 2 heterocycles. The van der Waals surface area contributed by atoms with Gasteiger partial charge in [0.2, 0.25) is 0 Å². The summed E-state index contributed by atoms with van der Waals surface area (Å²) in [6.07, 6.45) is -2.35. The highest BCUT2D eigenvalue weighted by atomic mass is 32.2. The lowest BCUT2D eigenvalue weighted by molar-refractivity contribution is -0.178. The van der Waals surface area contributed by atoms with Crippen molar-refractivity contribution in [1.82, 2.24) is 15.0 Å². The summed E-state index contributed by atoms with van der Waals surface area (Å²) in [7, 11) is 0. The van der Waals surface area contributed by atoms with Crippen LogP contribution in [0.2, 0.25) is 0 Å². The second-order valence-corrected chi connectivity index (χ2v) is 8.14. The molecule has 164 valence electrons. The third-order valence-electron chi connectivity index (χ3n) is 4.94. The Morgan fingerprint density at radius 3 is 2.35 bits per heavy atom. The van der Waals surface area contributed by atoms with Gasteiger partial charge in [-0.15, -0.1) is 5.10 Å². The van der Waals surface area contributed by atoms with Gasteiger partial charge in [0.1, 0.15) is 35.5 Å². The minimum atomic E-state index is -1.60. The number of aliphatic hydroxyl groups excluding tert-OH is 3. The van der Waals surface area contributed by atoms with Crippen LogP contribution in [-0.4, -0.2) is 60.7 Å². The minimum Gasteiger partial charge on any atom is -0.394 e. The first kappa shape index (κ1) is 21.8. The second kappa shape index (κ2) is 8.97. The first-order valence-electron chi connectivity index (χ1n) is 9.30. The van der Waals surface area contributed by atoms with Crippen LogP contribution in [-0.2, 0) is 4.74 Å². The summed E-state index contributed by atoms with van der Waals surface area (Å²) < 4.78 is 47.2. The Hall–Kier alpha value is -2.44. The number of thioether (sulfide) groups is 1. The SMILES string of the molecule is OCC1OC(Sc2ccccc2)C(O)C(n2cc(-c3cc(F)c(F)c(F)c3)nn2)C1O. The standard InChI is InChI=1S/C20H18F3N3O4S/c21-12-6-10(7-13(22)16(12)23)14-8-26(25-24-14)17-18(28)15(9-27)30-20(19(17)29)31-11-4-2-1-3-5-11/h1-8,15,17-20,27-29H,9H2. The Labute approximate surface area is 179 Å². The Bertz CT molecular complexity index is 1030. The highest BCUT2D eigenvalue weighted by molar-refractivity contribution is 7.99. The molecule has 11 heteroatoms. The number of nitrogens with zero attached hydrogens (tertiary/aromatic N) is 3. The number of aromatic nitrogens is 3. The topological polar surface area (TPSA) is 101 Å². The van der Waals surface area contributed by atoms with E-state index in [1.807, 2.05) is 30.3 Å². The van der Waals surface area contributed by atoms with Gasteiger partial charge in [0.05, 0.1) is 12.8 Å². The fraction of sp³-hybridized carbons (Fsp3) is 0.300. The molecule has 0 spiro atoms. The number of hydrogen-bond acceptors (Lipinski definition) is 7. The lowest BCUT2D eigenvalue weighted by atomic mass is 9.97. The molecule has 3 N–H and O–H groups in total. The predicted molar refractivity (Wildman–Crippen MR) is 104 cm³/mol. The van der Waals surface area contributed by atoms with E-state index in [-0.39, 0.29) is 11.3 Å². The Morgan fingerprint density at radius 1 is 1.03 bits per heavy atom. The van der Waals surface area contributed by atoms with Crippen molar-refractivity contribution in [1.29, 1.82) is 0 Å². The molecule has 3 aromatic rings. The molecule has 1 saturated heterocycles. The fourth-order valence-electron chi connectivity index (χ4n) is 3.37. The van der Waals surface area contributed by atoms with Crippen molar-refractivity contribution < 1.29 is 33.2 Å². The van der Waals surface area contributed by atoms with E-state index in [0.717, 1.165) is 21.7 Å². The highest BCUT2D eigenvalue weighted by Crippen LogP contribution is 2.38. The first-order chi connectivity index (χ1) is 14.9. The minimum absolute atomic E-state index is 0.0107. The van der Waals surface area contributed by atoms with Crippen LogP contribution in [0, 0.1) is 17.5 Å². The normalized spacial score (nSPS) is 26.2. The quantitative estimate of drug-likeness (QED) is 0.509. The molecule has 1 fully saturated rings. The zero-order valence-electron chi connectivity index (χ0n) is 15.8. The van der Waals surface area contributed by atoms with E-state index in [2.05, 4.69) is 10.3 Å². The zero-order chi connectivity index (χ0) is 22.1. The molecule has 7 nitrogen and oxygen atoms in total. The second-order valence-electron chi connectivity index (χ2n) is 6.97. The molecule has 1 aliphatic heterocycles. The molecule has 0 bridgehead atoms. The van der Waals surface area contributed by atoms with Crippen molar-refractivity contribution in [2.45, 2.75) is 34.7 Å². The maximum absolute atomic E-state index is 13.6. The van der Waals surface area contributed by atoms with Crippen molar-refractivity contribution in [3.8, 4) is 11.3 Å². The molecule has 31 heavy (non-hydrogen) atoms. The molecule has 2 aromatic carbocycles. The zero-order valence-corrected chi connectivity index (χ0v) is 16.7. The van der Waals surface area contributed by atoms with Crippen molar-refractivity contribution in [3.05, 3.63) is 66.1 Å². The molecule has 0 saturated carbocycles. The number of benzene rings is 2. The van der Waals surface area contributed by atoms with Crippen molar-refractivity contribution in [2.75, 3.05) is 6.61 Å². The van der Waals surface area contributed by atoms with Gasteiger partial charge in [-0.2, -0.15) is 0 Å². The van der Waals surface area contributed by atoms with Gasteiger partial charge in [0.15, 0.2) is 17.5 Å². The Balaban J connectivity index is 1.64. The molecule has 4 rings (SSSR count). The van der Waals surface area contributed by atoms with E-state index in [1.54, 1.807) is 0 Å². The smallest absolute Gasteiger partial charge is 0.194 e. The molecular formula is C20H18F3N3O4S. The van der Waals surface area contributed by atoms with E-state index in [4.69, 9.17) is 4.74 Å². The molecule has 5 atom stereocenters. The van der Waals surface area contributed by atoms with E-state index >= 15 is 0 Å². The van der Waals surface area contributed by atoms with Crippen LogP contribution in [0.3, 0.4) is 0 Å². The third-order valence-corrected chi connectivity index (χ3v) is 6.11. The van der Waals surface area contributed by atoms with Gasteiger partial charge in [0, 0.05) is 10.5 Å². The van der Waals surface area contributed by atoms with Crippen LogP contribution >= 0.6 is 11.8 Å². The summed E-state index contributed by atoms with van der Waals surface area (Å²) in [6.45, 7) is -0.508. The van der Waals surface area contributed by atoms with E-state index in [0.29, 0.717) is 0 Å². The maximum atomic E-state index is 13.6. The summed E-state index contributed by atoms with van der Waals surface area (Å²) in [5.41, 5.74) is -0.898. The molecule has 5 unspecified atom stereocenters. The van der Waals surface area contributed by atoms with Crippen LogP contribution in [0.25, 0.3) is 11.3 Å². The molecular weight excluding hydrogens is 435 g/mol. The summed E-state index contributed by atoms with van der Waals surface area (Å²) in [4.78, 5) is 0.801. The maximum Gasteiger partial charge on any atom is 0.194 e. The van der Waals surface area contributed by atoms with Gasteiger partial charge in [-0.05, 0) is 24.3 Å². The average molecular weight is 453 g/mol. The summed E-state index contributed by atoms with van der Waals surface area (Å²) in [5, 5.41) is 38.8. The first-order valence-corrected chi connectivity index (χ1v) is 10.2. The summed E-state index contributed by atoms with van der Waals surface area (Å²) >= 11 is 1.20. The van der Waals surface area contributed by atoms with Gasteiger partial charge in [0.25, 0.3) is 0 Å². The lowest BCUT2D eigenvalue weighted by Gasteiger charge is -2.41. The lowest BCUT2D eigenvalue weighted by Crippen LogP contribution is -2.55. The predicted octanol–water partition coefficient (Wildman–Crippen LogP) is 2.13. The van der Waals surface area contributed by atoms with Gasteiger partial charge in [-0.25, -0.2) is 17.9 Å². The molecule has 1 aromatic heterocycles. The van der Waals surface area contributed by atoms with E-state index in [1.165, 1.54) is 18.0 Å². The fourth-order valence-corrected chi connectivity index (χ4v) is 4.45. The molecule has 0 radical (unpaired) electrons. The molecule has 0 aliphatic carbocycles. The van der Waals surface area contributed by atoms with Crippen molar-refractivity contribution in [3.63, 3.8) is 0 Å². The van der Waals surface area contributed by atoms with Crippen LogP contribution in [0.15, 0.2) is 53.6 Å². The van der Waals surface area contributed by atoms with E-state index < -0.39 is 53.8 Å². The van der Waals surface area contributed by atoms with Crippen LogP contribution in [0.1, 0.15) is 6.04 Å². The number of aliphatic hydroxyl groups is 3. The largest absolute Gasteiger partial charge is 0.394 e.